The van der Waals surface area contributed by atoms with Crippen molar-refractivity contribution in [2.24, 2.45) is 0 Å². The number of hydrogen-bond acceptors (Lipinski definition) is 4. The van der Waals surface area contributed by atoms with Crippen LogP contribution in [0.25, 0.3) is 0 Å². The fraction of sp³-hybridized carbons (Fsp3) is 0.286. The molecule has 1 atom stereocenters. The third-order valence-electron chi connectivity index (χ3n) is 2.95. The van der Waals surface area contributed by atoms with Crippen LogP contribution >= 0.6 is 0 Å². The highest BCUT2D eigenvalue weighted by Gasteiger charge is 2.13. The number of H-pyrrole nitrogens is 1. The number of urea groups is 1. The number of carbonyl (C=O) groups is 1. The lowest BCUT2D eigenvalue weighted by Gasteiger charge is -2.15. The number of nitrogens with zero attached hydrogens (tertiary/aromatic N) is 1. The Hall–Kier alpha value is -2.54. The smallest absolute Gasteiger partial charge is 0.315 e. The van der Waals surface area contributed by atoms with Gasteiger partial charge in [0.2, 0.25) is 0 Å². The Morgan fingerprint density at radius 2 is 2.19 bits per heavy atom. The Bertz CT molecular complexity index is 571. The van der Waals surface area contributed by atoms with Crippen molar-refractivity contribution in [3.05, 3.63) is 47.8 Å². The van der Waals surface area contributed by atoms with Crippen LogP contribution < -0.4 is 15.4 Å². The Kier molecular flexibility index (Phi) is 5.16. The molecule has 0 unspecified atom stereocenters. The van der Waals surface area contributed by atoms with Crippen LogP contribution in [0.4, 0.5) is 4.79 Å². The second kappa shape index (κ2) is 7.30. The summed E-state index contributed by atoms with van der Waals surface area (Å²) in [4.78, 5) is 11.6. The summed E-state index contributed by atoms with van der Waals surface area (Å²) in [6.07, 6.45) is 0.777. The van der Waals surface area contributed by atoms with Gasteiger partial charge in [0.25, 0.3) is 0 Å². The number of para-hydroxylation sites is 1. The van der Waals surface area contributed by atoms with Crippen LogP contribution in [0.2, 0.25) is 0 Å². The largest absolute Gasteiger partial charge is 0.496 e. The minimum absolute atomic E-state index is 0.0924. The van der Waals surface area contributed by atoms with Crippen LogP contribution in [0.5, 0.6) is 5.75 Å². The van der Waals surface area contributed by atoms with Crippen molar-refractivity contribution in [1.29, 1.82) is 0 Å². The van der Waals surface area contributed by atoms with Crippen molar-refractivity contribution in [2.75, 3.05) is 13.7 Å². The first kappa shape index (κ1) is 14.9. The lowest BCUT2D eigenvalue weighted by Crippen LogP contribution is -2.37. The lowest BCUT2D eigenvalue weighted by atomic mass is 10.1. The van der Waals surface area contributed by atoms with Crippen LogP contribution in [0.1, 0.15) is 17.4 Å². The molecule has 1 heterocycles. The molecule has 21 heavy (non-hydrogen) atoms. The molecule has 2 rings (SSSR count). The van der Waals surface area contributed by atoms with Gasteiger partial charge in [-0.15, -0.1) is 0 Å². The predicted molar refractivity (Wildman–Crippen MR) is 76.8 cm³/mol. The van der Waals surface area contributed by atoms with E-state index < -0.39 is 6.10 Å². The fourth-order valence-corrected chi connectivity index (χ4v) is 1.86. The van der Waals surface area contributed by atoms with Crippen molar-refractivity contribution in [1.82, 2.24) is 20.8 Å². The van der Waals surface area contributed by atoms with E-state index in [4.69, 9.17) is 4.74 Å². The van der Waals surface area contributed by atoms with Gasteiger partial charge in [-0.3, -0.25) is 5.10 Å². The lowest BCUT2D eigenvalue weighted by molar-refractivity contribution is 0.169. The van der Waals surface area contributed by atoms with Gasteiger partial charge in [-0.1, -0.05) is 18.2 Å². The number of aliphatic hydroxyl groups is 1. The summed E-state index contributed by atoms with van der Waals surface area (Å²) < 4.78 is 5.17. The second-order valence-electron chi connectivity index (χ2n) is 4.40. The first-order valence-corrected chi connectivity index (χ1v) is 6.51. The van der Waals surface area contributed by atoms with E-state index in [1.807, 2.05) is 6.07 Å². The number of methoxy groups -OCH3 is 1. The van der Waals surface area contributed by atoms with Gasteiger partial charge < -0.3 is 20.5 Å². The third-order valence-corrected chi connectivity index (χ3v) is 2.95. The van der Waals surface area contributed by atoms with Gasteiger partial charge in [-0.2, -0.15) is 5.10 Å². The van der Waals surface area contributed by atoms with Crippen molar-refractivity contribution in [2.45, 2.75) is 12.6 Å². The summed E-state index contributed by atoms with van der Waals surface area (Å²) in [5.74, 6) is 0.588. The average Bonchev–Trinajstić information content (AvgIpc) is 3.04. The van der Waals surface area contributed by atoms with Crippen molar-refractivity contribution >= 4 is 6.03 Å². The number of benzene rings is 1. The van der Waals surface area contributed by atoms with Crippen molar-refractivity contribution in [3.63, 3.8) is 0 Å². The molecule has 0 aliphatic rings. The summed E-state index contributed by atoms with van der Waals surface area (Å²) >= 11 is 0. The Labute approximate surface area is 122 Å². The molecule has 0 fully saturated rings. The molecule has 2 aromatic rings. The molecule has 1 aromatic carbocycles. The zero-order chi connectivity index (χ0) is 15.1. The Morgan fingerprint density at radius 3 is 2.90 bits per heavy atom. The zero-order valence-electron chi connectivity index (χ0n) is 11.7. The number of hydrogen-bond donors (Lipinski definition) is 4. The quantitative estimate of drug-likeness (QED) is 0.636. The molecular weight excluding hydrogens is 272 g/mol. The molecular formula is C14H18N4O3. The number of rotatable bonds is 6. The maximum Gasteiger partial charge on any atom is 0.315 e. The third kappa shape index (κ3) is 4.22. The minimum Gasteiger partial charge on any atom is -0.496 e. The molecule has 1 aromatic heterocycles. The Balaban J connectivity index is 1.80. The minimum atomic E-state index is -0.834. The summed E-state index contributed by atoms with van der Waals surface area (Å²) in [7, 11) is 1.54. The predicted octanol–water partition coefficient (Wildman–Crippen LogP) is 0.951. The summed E-state index contributed by atoms with van der Waals surface area (Å²) in [5.41, 5.74) is 1.43. The molecule has 0 radical (unpaired) electrons. The van der Waals surface area contributed by atoms with Crippen LogP contribution in [0, 0.1) is 0 Å². The van der Waals surface area contributed by atoms with E-state index in [-0.39, 0.29) is 12.6 Å². The summed E-state index contributed by atoms with van der Waals surface area (Å²) in [5, 5.41) is 21.9. The molecule has 2 amide bonds. The maximum atomic E-state index is 11.6. The van der Waals surface area contributed by atoms with Gasteiger partial charge in [0.1, 0.15) is 5.75 Å². The van der Waals surface area contributed by atoms with E-state index in [0.717, 1.165) is 5.69 Å². The van der Waals surface area contributed by atoms with E-state index in [9.17, 15) is 9.90 Å². The van der Waals surface area contributed by atoms with Gasteiger partial charge in [0, 0.05) is 18.3 Å². The fourth-order valence-electron chi connectivity index (χ4n) is 1.86. The van der Waals surface area contributed by atoms with Crippen LogP contribution in [0.15, 0.2) is 36.5 Å². The molecule has 0 aliphatic carbocycles. The number of aromatic nitrogens is 2. The molecule has 0 bridgehead atoms. The van der Waals surface area contributed by atoms with Crippen LogP contribution in [0.3, 0.4) is 0 Å². The molecule has 0 saturated heterocycles. The number of nitrogens with one attached hydrogen (secondary N) is 3. The molecule has 7 heteroatoms. The number of carbonyl (C=O) groups excluding carboxylic acids is 1. The monoisotopic (exact) mass is 290 g/mol. The normalized spacial score (nSPS) is 11.7. The van der Waals surface area contributed by atoms with E-state index in [0.29, 0.717) is 17.9 Å². The second-order valence-corrected chi connectivity index (χ2v) is 4.40. The number of amides is 2. The first-order chi connectivity index (χ1) is 10.2. The van der Waals surface area contributed by atoms with E-state index in [1.165, 1.54) is 7.11 Å². The zero-order valence-corrected chi connectivity index (χ0v) is 11.7. The molecule has 0 spiro atoms. The molecule has 0 saturated carbocycles. The van der Waals surface area contributed by atoms with Crippen LogP contribution in [-0.4, -0.2) is 35.0 Å². The molecule has 112 valence electrons. The van der Waals surface area contributed by atoms with Crippen LogP contribution in [-0.2, 0) is 6.54 Å². The highest BCUT2D eigenvalue weighted by atomic mass is 16.5. The van der Waals surface area contributed by atoms with Crippen molar-refractivity contribution in [3.8, 4) is 5.75 Å². The molecule has 4 N–H and O–H groups in total. The van der Waals surface area contributed by atoms with Gasteiger partial charge in [0.05, 0.1) is 25.5 Å². The number of ether oxygens (including phenoxy) is 1. The topological polar surface area (TPSA) is 99.3 Å². The van der Waals surface area contributed by atoms with E-state index >= 15 is 0 Å². The highest BCUT2D eigenvalue weighted by molar-refractivity contribution is 5.73. The van der Waals surface area contributed by atoms with Crippen molar-refractivity contribution < 1.29 is 14.6 Å². The SMILES string of the molecule is COc1ccccc1[C@H](O)CNC(=O)NCc1ccn[nH]1. The standard InChI is InChI=1S/C14H18N4O3/c1-21-13-5-3-2-4-11(13)12(19)9-16-14(20)15-8-10-6-7-17-18-10/h2-7,12,19H,8-9H2,1H3,(H,17,18)(H2,15,16,20)/t12-/m1/s1. The van der Waals surface area contributed by atoms with Gasteiger partial charge in [-0.05, 0) is 12.1 Å². The maximum absolute atomic E-state index is 11.6. The first-order valence-electron chi connectivity index (χ1n) is 6.51. The highest BCUT2D eigenvalue weighted by Crippen LogP contribution is 2.23. The molecule has 7 nitrogen and oxygen atoms in total. The van der Waals surface area contributed by atoms with Gasteiger partial charge in [0.15, 0.2) is 0 Å². The van der Waals surface area contributed by atoms with Gasteiger partial charge in [-0.25, -0.2) is 4.79 Å². The number of aliphatic hydroxyl groups excluding tert-OH is 1. The Morgan fingerprint density at radius 1 is 1.38 bits per heavy atom. The average molecular weight is 290 g/mol. The summed E-state index contributed by atoms with van der Waals surface area (Å²) in [6.45, 7) is 0.436. The van der Waals surface area contributed by atoms with Gasteiger partial charge >= 0.3 is 6.03 Å². The molecule has 0 aliphatic heterocycles. The van der Waals surface area contributed by atoms with E-state index in [2.05, 4.69) is 20.8 Å². The number of aromatic amines is 1. The van der Waals surface area contributed by atoms with E-state index in [1.54, 1.807) is 30.5 Å². The summed E-state index contributed by atoms with van der Waals surface area (Å²) in [6, 6.07) is 8.55.